The molecule has 0 aliphatic rings. The van der Waals surface area contributed by atoms with Crippen molar-refractivity contribution >= 4 is 28.9 Å². The van der Waals surface area contributed by atoms with Crippen LogP contribution < -0.4 is 10.5 Å². The second-order valence-electron chi connectivity index (χ2n) is 3.91. The zero-order chi connectivity index (χ0) is 13.9. The summed E-state index contributed by atoms with van der Waals surface area (Å²) in [6, 6.07) is 11.5. The van der Waals surface area contributed by atoms with Crippen LogP contribution in [0.15, 0.2) is 52.5 Å². The molecule has 100 valence electrons. The molecular weight excluding hydrogens is 276 g/mol. The van der Waals surface area contributed by atoms with Crippen molar-refractivity contribution in [2.75, 3.05) is 0 Å². The molecule has 0 aliphatic heterocycles. The number of hydrogen-bond acceptors (Lipinski definition) is 5. The number of hydrogen-bond donors (Lipinski definition) is 2. The molecule has 0 saturated heterocycles. The molecule has 0 aliphatic carbocycles. The summed E-state index contributed by atoms with van der Waals surface area (Å²) in [6.07, 6.45) is 0.848. The molecule has 6 nitrogen and oxygen atoms in total. The van der Waals surface area contributed by atoms with Crippen molar-refractivity contribution in [2.45, 2.75) is 9.92 Å². The molecule has 2 aromatic heterocycles. The van der Waals surface area contributed by atoms with Gasteiger partial charge in [-0.05, 0) is 30.3 Å². The lowest BCUT2D eigenvalue weighted by molar-refractivity contribution is 0.207. The minimum Gasteiger partial charge on any atom is -0.376 e. The molecule has 1 amide bonds. The Labute approximate surface area is 118 Å². The molecule has 20 heavy (non-hydrogen) atoms. The molecule has 2 heterocycles. The van der Waals surface area contributed by atoms with E-state index < -0.39 is 6.09 Å². The highest BCUT2D eigenvalue weighted by molar-refractivity contribution is 7.99. The van der Waals surface area contributed by atoms with Crippen molar-refractivity contribution in [3.8, 4) is 6.01 Å². The lowest BCUT2D eigenvalue weighted by Crippen LogP contribution is -2.16. The van der Waals surface area contributed by atoms with Crippen molar-refractivity contribution in [2.24, 2.45) is 5.73 Å². The molecule has 0 saturated carbocycles. The summed E-state index contributed by atoms with van der Waals surface area (Å²) in [6.45, 7) is 0. The van der Waals surface area contributed by atoms with Crippen LogP contribution in [0.1, 0.15) is 0 Å². The number of aromatic nitrogens is 3. The number of imidazole rings is 1. The Balaban J connectivity index is 1.88. The molecule has 3 N–H and O–H groups in total. The summed E-state index contributed by atoms with van der Waals surface area (Å²) in [5.74, 6) is 0. The average Bonchev–Trinajstić information content (AvgIpc) is 2.80. The number of carbonyl (C=O) groups is 1. The van der Waals surface area contributed by atoms with Gasteiger partial charge in [0.1, 0.15) is 5.03 Å². The number of benzene rings is 1. The molecule has 3 rings (SSSR count). The Kier molecular flexibility index (Phi) is 3.26. The highest BCUT2D eigenvalue weighted by atomic mass is 32.2. The average molecular weight is 286 g/mol. The first kappa shape index (κ1) is 12.5. The van der Waals surface area contributed by atoms with Crippen LogP contribution in [0, 0.1) is 0 Å². The summed E-state index contributed by atoms with van der Waals surface area (Å²) >= 11 is 1.53. The van der Waals surface area contributed by atoms with Gasteiger partial charge in [-0.3, -0.25) is 0 Å². The summed E-state index contributed by atoms with van der Waals surface area (Å²) in [7, 11) is 0. The maximum absolute atomic E-state index is 10.7. The number of amides is 1. The first-order valence-electron chi connectivity index (χ1n) is 5.77. The van der Waals surface area contributed by atoms with E-state index >= 15 is 0 Å². The molecule has 0 bridgehead atoms. The van der Waals surface area contributed by atoms with Gasteiger partial charge in [0.15, 0.2) is 0 Å². The maximum atomic E-state index is 10.7. The predicted molar refractivity (Wildman–Crippen MR) is 74.7 cm³/mol. The highest BCUT2D eigenvalue weighted by Crippen LogP contribution is 2.28. The van der Waals surface area contributed by atoms with Gasteiger partial charge in [0.25, 0.3) is 0 Å². The largest absolute Gasteiger partial charge is 0.412 e. The van der Waals surface area contributed by atoms with Crippen LogP contribution >= 0.6 is 11.8 Å². The third-order valence-electron chi connectivity index (χ3n) is 2.49. The summed E-state index contributed by atoms with van der Waals surface area (Å²) in [5, 5.41) is 0.899. The molecule has 0 radical (unpaired) electrons. The topological polar surface area (TPSA) is 93.9 Å². The Morgan fingerprint density at radius 1 is 1.30 bits per heavy atom. The SMILES string of the molecule is NC(=O)Oc1nc2cc(Sc3ccccn3)ccc2[nH]1. The van der Waals surface area contributed by atoms with E-state index in [2.05, 4.69) is 15.0 Å². The van der Waals surface area contributed by atoms with Crippen molar-refractivity contribution in [1.82, 2.24) is 15.0 Å². The number of ether oxygens (including phenoxy) is 1. The highest BCUT2D eigenvalue weighted by Gasteiger charge is 2.07. The molecule has 0 fully saturated rings. The van der Waals surface area contributed by atoms with Gasteiger partial charge in [0, 0.05) is 11.1 Å². The predicted octanol–water partition coefficient (Wildman–Crippen LogP) is 2.57. The van der Waals surface area contributed by atoms with Gasteiger partial charge in [-0.25, -0.2) is 9.78 Å². The Bertz CT molecular complexity index is 757. The van der Waals surface area contributed by atoms with Crippen molar-refractivity contribution < 1.29 is 9.53 Å². The van der Waals surface area contributed by atoms with Crippen LogP contribution in [-0.2, 0) is 0 Å². The van der Waals surface area contributed by atoms with Crippen molar-refractivity contribution in [1.29, 1.82) is 0 Å². The second kappa shape index (κ2) is 5.22. The fourth-order valence-corrected chi connectivity index (χ4v) is 2.51. The van der Waals surface area contributed by atoms with Crippen LogP contribution in [0.3, 0.4) is 0 Å². The Morgan fingerprint density at radius 2 is 2.20 bits per heavy atom. The number of pyridine rings is 1. The first-order chi connectivity index (χ1) is 9.70. The zero-order valence-electron chi connectivity index (χ0n) is 10.2. The number of nitrogens with zero attached hydrogens (tertiary/aromatic N) is 2. The Hall–Kier alpha value is -2.54. The molecule has 0 atom stereocenters. The van der Waals surface area contributed by atoms with E-state index in [-0.39, 0.29) is 6.01 Å². The minimum absolute atomic E-state index is 0.0903. The molecule has 0 unspecified atom stereocenters. The number of primary amides is 1. The van der Waals surface area contributed by atoms with Crippen LogP contribution in [0.25, 0.3) is 11.0 Å². The van der Waals surface area contributed by atoms with Gasteiger partial charge in [-0.2, -0.15) is 4.98 Å². The van der Waals surface area contributed by atoms with Crippen molar-refractivity contribution in [3.63, 3.8) is 0 Å². The van der Waals surface area contributed by atoms with E-state index in [0.717, 1.165) is 15.4 Å². The molecule has 1 aromatic carbocycles. The second-order valence-corrected chi connectivity index (χ2v) is 5.01. The van der Waals surface area contributed by atoms with Crippen LogP contribution in [0.4, 0.5) is 4.79 Å². The van der Waals surface area contributed by atoms with Crippen molar-refractivity contribution in [3.05, 3.63) is 42.6 Å². The number of nitrogens with one attached hydrogen (secondary N) is 1. The fourth-order valence-electron chi connectivity index (χ4n) is 1.70. The van der Waals surface area contributed by atoms with Gasteiger partial charge in [0.2, 0.25) is 0 Å². The monoisotopic (exact) mass is 286 g/mol. The molecular formula is C13H10N4O2S. The van der Waals surface area contributed by atoms with Crippen LogP contribution in [0.2, 0.25) is 0 Å². The third-order valence-corrected chi connectivity index (χ3v) is 3.43. The summed E-state index contributed by atoms with van der Waals surface area (Å²) < 4.78 is 4.71. The van der Waals surface area contributed by atoms with Gasteiger partial charge in [-0.1, -0.05) is 17.8 Å². The van der Waals surface area contributed by atoms with E-state index in [1.807, 2.05) is 36.4 Å². The first-order valence-corrected chi connectivity index (χ1v) is 6.58. The van der Waals surface area contributed by atoms with E-state index in [0.29, 0.717) is 5.52 Å². The standard InChI is InChI=1S/C13H10N4O2S/c14-12(18)19-13-16-9-5-4-8(7-10(9)17-13)20-11-3-1-2-6-15-11/h1-7H,(H2,14,18)(H,16,17). The lowest BCUT2D eigenvalue weighted by atomic mass is 10.3. The number of rotatable bonds is 3. The number of fused-ring (bicyclic) bond motifs is 1. The van der Waals surface area contributed by atoms with E-state index in [1.165, 1.54) is 11.8 Å². The van der Waals surface area contributed by atoms with Gasteiger partial charge >= 0.3 is 12.1 Å². The van der Waals surface area contributed by atoms with Crippen LogP contribution in [0.5, 0.6) is 6.01 Å². The Morgan fingerprint density at radius 3 is 2.95 bits per heavy atom. The normalized spacial score (nSPS) is 10.6. The smallest absolute Gasteiger partial charge is 0.376 e. The number of H-pyrrole nitrogens is 1. The number of aromatic amines is 1. The van der Waals surface area contributed by atoms with Gasteiger partial charge < -0.3 is 15.5 Å². The number of carbonyl (C=O) groups excluding carboxylic acids is 1. The maximum Gasteiger partial charge on any atom is 0.412 e. The lowest BCUT2D eigenvalue weighted by Gasteiger charge is -1.99. The third kappa shape index (κ3) is 2.72. The molecule has 3 aromatic rings. The van der Waals surface area contributed by atoms with E-state index in [1.54, 1.807) is 6.20 Å². The molecule has 0 spiro atoms. The molecule has 7 heteroatoms. The van der Waals surface area contributed by atoms with E-state index in [9.17, 15) is 4.79 Å². The minimum atomic E-state index is -0.896. The zero-order valence-corrected chi connectivity index (χ0v) is 11.1. The van der Waals surface area contributed by atoms with Crippen LogP contribution in [-0.4, -0.2) is 21.0 Å². The number of nitrogens with two attached hydrogens (primary N) is 1. The van der Waals surface area contributed by atoms with Gasteiger partial charge in [0.05, 0.1) is 11.0 Å². The summed E-state index contributed by atoms with van der Waals surface area (Å²) in [4.78, 5) is 22.9. The fraction of sp³-hybridized carbons (Fsp3) is 0. The van der Waals surface area contributed by atoms with Gasteiger partial charge in [-0.15, -0.1) is 0 Å². The quantitative estimate of drug-likeness (QED) is 0.771. The summed E-state index contributed by atoms with van der Waals surface area (Å²) in [5.41, 5.74) is 6.41. The van der Waals surface area contributed by atoms with E-state index in [4.69, 9.17) is 10.5 Å².